The largest absolute Gasteiger partial charge is 0.454 e. The van der Waals surface area contributed by atoms with Crippen molar-refractivity contribution in [2.45, 2.75) is 116 Å². The Morgan fingerprint density at radius 2 is 1.08 bits per heavy atom. The Bertz CT molecular complexity index is 2520. The topological polar surface area (TPSA) is 184 Å². The van der Waals surface area contributed by atoms with Gasteiger partial charge in [0.05, 0.1) is 10.8 Å². The van der Waals surface area contributed by atoms with Gasteiger partial charge in [-0.1, -0.05) is 39.8 Å². The second-order valence-electron chi connectivity index (χ2n) is 20.8. The maximum atomic E-state index is 13.3. The zero-order valence-corrected chi connectivity index (χ0v) is 38.5. The molecule has 0 spiro atoms. The molecule has 6 aliphatic rings. The van der Waals surface area contributed by atoms with Crippen LogP contribution in [-0.2, 0) is 38.0 Å². The predicted octanol–water partition coefficient (Wildman–Crippen LogP) is 8.38. The van der Waals surface area contributed by atoms with Crippen molar-refractivity contribution in [2.24, 2.45) is 16.6 Å². The van der Waals surface area contributed by atoms with Crippen molar-refractivity contribution < 1.29 is 38.1 Å². The molecule has 65 heavy (non-hydrogen) atoms. The summed E-state index contributed by atoms with van der Waals surface area (Å²) < 4.78 is 27.2. The van der Waals surface area contributed by atoms with Crippen molar-refractivity contribution in [1.82, 2.24) is 5.32 Å². The quantitative estimate of drug-likeness (QED) is 0.0851. The van der Waals surface area contributed by atoms with Gasteiger partial charge in [0, 0.05) is 46.8 Å². The maximum Gasteiger partial charge on any atom is 0.407 e. The van der Waals surface area contributed by atoms with Crippen LogP contribution < -0.4 is 51.3 Å². The van der Waals surface area contributed by atoms with E-state index in [1.54, 1.807) is 0 Å². The van der Waals surface area contributed by atoms with Crippen LogP contribution in [0.1, 0.15) is 96.4 Å². The minimum atomic E-state index is -0.529. The van der Waals surface area contributed by atoms with Crippen LogP contribution in [0.15, 0.2) is 72.8 Å². The normalized spacial score (nSPS) is 19.9. The molecule has 3 amide bonds. The first-order valence-electron chi connectivity index (χ1n) is 22.8. The molecule has 0 aromatic heterocycles. The summed E-state index contributed by atoms with van der Waals surface area (Å²) in [6.07, 6.45) is 4.62. The van der Waals surface area contributed by atoms with Crippen molar-refractivity contribution in [1.29, 1.82) is 0 Å². The summed E-state index contributed by atoms with van der Waals surface area (Å²) >= 11 is 0. The molecular weight excluding hydrogens is 825 g/mol. The van der Waals surface area contributed by atoms with E-state index in [0.717, 1.165) is 95.2 Å². The van der Waals surface area contributed by atoms with Gasteiger partial charge >= 0.3 is 6.09 Å². The molecule has 2 aliphatic carbocycles. The highest BCUT2D eigenvalue weighted by molar-refractivity contribution is 6.02. The number of rotatable bonds is 11. The molecule has 0 bridgehead atoms. The monoisotopic (exact) mass is 886 g/mol. The summed E-state index contributed by atoms with van der Waals surface area (Å²) in [5, 5.41) is 16.4. The molecule has 4 aromatic rings. The summed E-state index contributed by atoms with van der Waals surface area (Å²) in [5.74, 6) is 2.93. The molecule has 4 aliphatic heterocycles. The van der Waals surface area contributed by atoms with Crippen LogP contribution in [0.4, 0.5) is 27.5 Å². The van der Waals surface area contributed by atoms with Gasteiger partial charge in [0.2, 0.25) is 25.4 Å². The number of fused-ring (bicyclic) bond motifs is 4. The van der Waals surface area contributed by atoms with Crippen LogP contribution >= 0.6 is 0 Å². The highest BCUT2D eigenvalue weighted by atomic mass is 16.7. The Hall–Kier alpha value is -6.15. The van der Waals surface area contributed by atoms with Crippen LogP contribution in [0, 0.1) is 10.8 Å². The van der Waals surface area contributed by atoms with Gasteiger partial charge in [-0.05, 0) is 154 Å². The zero-order valence-electron chi connectivity index (χ0n) is 38.5. The van der Waals surface area contributed by atoms with E-state index >= 15 is 0 Å². The SMILES string of the molecule is CC(C)(C)OC(=O)NCC(C)(C)C1Cc2cc(NC(=O)C3(c4ccc5c(c4)OCO5)CC3)ccc2N1.CC(C)(CN)C1Cc2cc(NC(=O)C3(c4ccc5c(c4)OCO5)CC3)ccc2N1. The minimum absolute atomic E-state index is 0.00529. The lowest BCUT2D eigenvalue weighted by molar-refractivity contribution is -0.119. The first-order chi connectivity index (χ1) is 30.9. The molecular formula is C51H62N6O8. The molecule has 2 saturated carbocycles. The third-order valence-corrected chi connectivity index (χ3v) is 14.0. The summed E-state index contributed by atoms with van der Waals surface area (Å²) in [4.78, 5) is 38.6. The Morgan fingerprint density at radius 1 is 0.631 bits per heavy atom. The van der Waals surface area contributed by atoms with E-state index in [1.165, 1.54) is 5.56 Å². The Balaban J connectivity index is 0.000000168. The van der Waals surface area contributed by atoms with Gasteiger partial charge in [0.1, 0.15) is 5.60 Å². The van der Waals surface area contributed by atoms with E-state index in [-0.39, 0.29) is 42.3 Å². The Labute approximate surface area is 381 Å². The number of amides is 3. The fraction of sp³-hybridized carbons (Fsp3) is 0.471. The van der Waals surface area contributed by atoms with E-state index < -0.39 is 22.5 Å². The summed E-state index contributed by atoms with van der Waals surface area (Å²) in [6, 6.07) is 24.1. The van der Waals surface area contributed by atoms with Gasteiger partial charge in [0.25, 0.3) is 0 Å². The van der Waals surface area contributed by atoms with Crippen LogP contribution in [0.25, 0.3) is 0 Å². The minimum Gasteiger partial charge on any atom is -0.454 e. The van der Waals surface area contributed by atoms with Crippen molar-refractivity contribution in [3.8, 4) is 23.0 Å². The van der Waals surface area contributed by atoms with Crippen LogP contribution in [0.3, 0.4) is 0 Å². The van der Waals surface area contributed by atoms with Gasteiger partial charge < -0.3 is 56.0 Å². The Morgan fingerprint density at radius 3 is 1.51 bits per heavy atom. The van der Waals surface area contributed by atoms with Crippen LogP contribution in [0.2, 0.25) is 0 Å². The van der Waals surface area contributed by atoms with Gasteiger partial charge in [-0.2, -0.15) is 0 Å². The van der Waals surface area contributed by atoms with Crippen molar-refractivity contribution in [2.75, 3.05) is 47.9 Å². The van der Waals surface area contributed by atoms with Crippen molar-refractivity contribution in [3.63, 3.8) is 0 Å². The molecule has 14 nitrogen and oxygen atoms in total. The number of anilines is 4. The van der Waals surface area contributed by atoms with Crippen molar-refractivity contribution >= 4 is 40.7 Å². The number of nitrogens with two attached hydrogens (primary N) is 1. The van der Waals surface area contributed by atoms with Gasteiger partial charge in [0.15, 0.2) is 23.0 Å². The third-order valence-electron chi connectivity index (χ3n) is 14.0. The number of hydrogen-bond donors (Lipinski definition) is 6. The van der Waals surface area contributed by atoms with Crippen molar-refractivity contribution in [3.05, 3.63) is 95.1 Å². The van der Waals surface area contributed by atoms with Gasteiger partial charge in [-0.3, -0.25) is 9.59 Å². The number of carbonyl (C=O) groups excluding carboxylic acids is 3. The van der Waals surface area contributed by atoms with Gasteiger partial charge in [-0.15, -0.1) is 0 Å². The highest BCUT2D eigenvalue weighted by Crippen LogP contribution is 2.52. The zero-order chi connectivity index (χ0) is 45.9. The molecule has 4 heterocycles. The molecule has 0 saturated heterocycles. The average Bonchev–Trinajstić information content (AvgIpc) is 3.96. The van der Waals surface area contributed by atoms with E-state index in [9.17, 15) is 14.4 Å². The second kappa shape index (κ2) is 16.4. The molecule has 10 rings (SSSR count). The number of benzene rings is 4. The molecule has 344 valence electrons. The van der Waals surface area contributed by atoms with Crippen LogP contribution in [-0.4, -0.2) is 62.3 Å². The van der Waals surface area contributed by atoms with Gasteiger partial charge in [-0.25, -0.2) is 4.79 Å². The smallest absolute Gasteiger partial charge is 0.407 e. The number of alkyl carbamates (subject to hydrolysis) is 1. The summed E-state index contributed by atoms with van der Waals surface area (Å²) in [7, 11) is 0. The number of carbonyl (C=O) groups is 3. The molecule has 14 heteroatoms. The van der Waals surface area contributed by atoms with Crippen LogP contribution in [0.5, 0.6) is 23.0 Å². The number of ether oxygens (including phenoxy) is 5. The summed E-state index contributed by atoms with van der Waals surface area (Å²) in [6.45, 7) is 15.7. The highest BCUT2D eigenvalue weighted by Gasteiger charge is 2.53. The first kappa shape index (κ1) is 44.1. The molecule has 0 radical (unpaired) electrons. The first-order valence-corrected chi connectivity index (χ1v) is 22.8. The van der Waals surface area contributed by atoms with E-state index in [1.807, 2.05) is 81.4 Å². The van der Waals surface area contributed by atoms with E-state index in [4.69, 9.17) is 29.4 Å². The molecule has 2 atom stereocenters. The Kier molecular flexibility index (Phi) is 11.1. The maximum absolute atomic E-state index is 13.3. The fourth-order valence-electron chi connectivity index (χ4n) is 9.14. The lowest BCUT2D eigenvalue weighted by atomic mass is 9.83. The predicted molar refractivity (Wildman–Crippen MR) is 250 cm³/mol. The molecule has 2 fully saturated rings. The lowest BCUT2D eigenvalue weighted by Gasteiger charge is -2.32. The molecule has 7 N–H and O–H groups in total. The fourth-order valence-corrected chi connectivity index (χ4v) is 9.14. The lowest BCUT2D eigenvalue weighted by Crippen LogP contribution is -2.45. The second-order valence-corrected chi connectivity index (χ2v) is 20.8. The summed E-state index contributed by atoms with van der Waals surface area (Å²) in [5.41, 5.74) is 12.4. The average molecular weight is 887 g/mol. The van der Waals surface area contributed by atoms with E-state index in [2.05, 4.69) is 66.4 Å². The number of nitrogens with one attached hydrogen (secondary N) is 5. The third kappa shape index (κ3) is 8.97. The molecule has 4 aromatic carbocycles. The number of hydrogen-bond acceptors (Lipinski definition) is 11. The standard InChI is InChI=1S/C28H35N3O5.C23H27N3O3/c1-26(2,3)36-25(33)29-15-27(4,5)23-13-17-12-19(7-8-20(17)31-23)30-24(32)28(10-11-28)18-6-9-21-22(14-18)35-16-34-21;1-22(2,12-24)20-10-14-9-16(4-5-17(14)26-20)25-21(27)23(7-8-23)15-3-6-18-19(11-15)29-13-28-18/h6-9,12,14,23,31H,10-11,13,15-16H2,1-5H3,(H,29,33)(H,30,32);3-6,9,11,20,26H,7-8,10,12-13,24H2,1-2H3,(H,25,27). The van der Waals surface area contributed by atoms with E-state index in [0.29, 0.717) is 24.9 Å². The molecule has 2 unspecified atom stereocenters.